The standard InChI is InChI=1S/C33H47FN4O/c1-7-13-29(26(4)38-21-12-17-30(38)23-37-19-8-9-20-37)16-10-14-24(2)22-36-33(35)28(6)39-27(5)32-25(3)15-11-18-31(32)34/h10-11,13,15-16,18,22,27,30H,4,6-9,12,14,17,19-21,23H2,1-3,5H3,(H2,35,36)/b16-10-,24-22+,29-13+. The van der Waals surface area contributed by atoms with Crippen LogP contribution in [-0.4, -0.2) is 47.9 Å². The summed E-state index contributed by atoms with van der Waals surface area (Å²) in [5.74, 6) is 0.0971. The van der Waals surface area contributed by atoms with Crippen molar-refractivity contribution in [2.45, 2.75) is 78.4 Å². The average molecular weight is 535 g/mol. The van der Waals surface area contributed by atoms with E-state index in [-0.39, 0.29) is 17.4 Å². The topological polar surface area (TPSA) is 54.1 Å². The highest BCUT2D eigenvalue weighted by atomic mass is 19.1. The van der Waals surface area contributed by atoms with E-state index >= 15 is 0 Å². The van der Waals surface area contributed by atoms with Gasteiger partial charge in [-0.3, -0.25) is 0 Å². The van der Waals surface area contributed by atoms with Crippen LogP contribution in [0.1, 0.15) is 76.5 Å². The number of likely N-dealkylation sites (tertiary alicyclic amines) is 2. The normalized spacial score (nSPS) is 20.2. The van der Waals surface area contributed by atoms with Crippen molar-refractivity contribution < 1.29 is 9.13 Å². The molecule has 2 N–H and O–H groups in total. The summed E-state index contributed by atoms with van der Waals surface area (Å²) in [6.07, 6.45) is 14.6. The summed E-state index contributed by atoms with van der Waals surface area (Å²) in [6, 6.07) is 5.52. The molecule has 0 aromatic heterocycles. The van der Waals surface area contributed by atoms with Crippen molar-refractivity contribution in [2.24, 2.45) is 10.7 Å². The maximum absolute atomic E-state index is 14.3. The van der Waals surface area contributed by atoms with Gasteiger partial charge >= 0.3 is 0 Å². The molecule has 0 saturated carbocycles. The van der Waals surface area contributed by atoms with Crippen LogP contribution in [0.2, 0.25) is 0 Å². The second-order valence-electron chi connectivity index (χ2n) is 10.8. The molecule has 2 aliphatic rings. The minimum atomic E-state index is -0.525. The van der Waals surface area contributed by atoms with E-state index in [0.717, 1.165) is 42.8 Å². The summed E-state index contributed by atoms with van der Waals surface area (Å²) in [5, 5.41) is 0. The van der Waals surface area contributed by atoms with Crippen molar-refractivity contribution in [1.82, 2.24) is 9.80 Å². The first kappa shape index (κ1) is 30.4. The lowest BCUT2D eigenvalue weighted by atomic mass is 10.0. The fourth-order valence-electron chi connectivity index (χ4n) is 5.48. The zero-order valence-electron chi connectivity index (χ0n) is 24.4. The van der Waals surface area contributed by atoms with Gasteiger partial charge in [-0.1, -0.05) is 56.0 Å². The number of aryl methyl sites for hydroxylation is 1. The Balaban J connectivity index is 1.56. The molecule has 3 rings (SSSR count). The van der Waals surface area contributed by atoms with E-state index in [9.17, 15) is 4.39 Å². The highest BCUT2D eigenvalue weighted by molar-refractivity contribution is 5.94. The van der Waals surface area contributed by atoms with E-state index in [1.807, 2.05) is 19.9 Å². The van der Waals surface area contributed by atoms with Gasteiger partial charge in [0.05, 0.1) is 0 Å². The van der Waals surface area contributed by atoms with Gasteiger partial charge in [0.2, 0.25) is 0 Å². The first-order valence-corrected chi connectivity index (χ1v) is 14.4. The van der Waals surface area contributed by atoms with Crippen molar-refractivity contribution in [3.8, 4) is 0 Å². The summed E-state index contributed by atoms with van der Waals surface area (Å²) in [6.45, 7) is 20.9. The number of halogens is 1. The Labute approximate surface area is 235 Å². The van der Waals surface area contributed by atoms with Crippen molar-refractivity contribution >= 4 is 5.84 Å². The van der Waals surface area contributed by atoms with Crippen LogP contribution in [0, 0.1) is 12.7 Å². The lowest BCUT2D eigenvalue weighted by Crippen LogP contribution is -2.38. The van der Waals surface area contributed by atoms with E-state index in [1.165, 1.54) is 50.4 Å². The Bertz CT molecular complexity index is 1110. The van der Waals surface area contributed by atoms with E-state index in [2.05, 4.69) is 53.1 Å². The third kappa shape index (κ3) is 8.69. The van der Waals surface area contributed by atoms with Gasteiger partial charge in [-0.15, -0.1) is 0 Å². The summed E-state index contributed by atoms with van der Waals surface area (Å²) in [5.41, 5.74) is 10.8. The quantitative estimate of drug-likeness (QED) is 0.124. The molecule has 0 spiro atoms. The Kier molecular flexibility index (Phi) is 11.6. The first-order chi connectivity index (χ1) is 18.7. The number of amidine groups is 1. The van der Waals surface area contributed by atoms with Gasteiger partial charge in [-0.25, -0.2) is 9.38 Å². The maximum atomic E-state index is 14.3. The number of benzene rings is 1. The third-order valence-electron chi connectivity index (χ3n) is 7.59. The van der Waals surface area contributed by atoms with Gasteiger partial charge in [0, 0.05) is 36.6 Å². The van der Waals surface area contributed by atoms with E-state index in [1.54, 1.807) is 19.2 Å². The lowest BCUT2D eigenvalue weighted by Gasteiger charge is -2.32. The molecule has 1 aromatic carbocycles. The van der Waals surface area contributed by atoms with Crippen LogP contribution in [-0.2, 0) is 4.74 Å². The van der Waals surface area contributed by atoms with Crippen LogP contribution >= 0.6 is 0 Å². The number of nitrogens with two attached hydrogens (primary N) is 1. The van der Waals surface area contributed by atoms with Crippen LogP contribution < -0.4 is 5.73 Å². The average Bonchev–Trinajstić information content (AvgIpc) is 3.59. The third-order valence-corrected chi connectivity index (χ3v) is 7.59. The molecule has 1 aromatic rings. The molecule has 2 unspecified atom stereocenters. The van der Waals surface area contributed by atoms with E-state index < -0.39 is 6.10 Å². The van der Waals surface area contributed by atoms with Gasteiger partial charge in [0.15, 0.2) is 11.6 Å². The lowest BCUT2D eigenvalue weighted by molar-refractivity contribution is 0.145. The van der Waals surface area contributed by atoms with Gasteiger partial charge in [0.25, 0.3) is 0 Å². The van der Waals surface area contributed by atoms with Crippen molar-refractivity contribution in [3.05, 3.63) is 95.3 Å². The predicted molar refractivity (Wildman–Crippen MR) is 162 cm³/mol. The molecule has 0 bridgehead atoms. The van der Waals surface area contributed by atoms with Crippen LogP contribution in [0.25, 0.3) is 0 Å². The van der Waals surface area contributed by atoms with Crippen LogP contribution in [0.5, 0.6) is 0 Å². The van der Waals surface area contributed by atoms with Gasteiger partial charge < -0.3 is 20.3 Å². The van der Waals surface area contributed by atoms with Crippen LogP contribution in [0.3, 0.4) is 0 Å². The molecule has 5 nitrogen and oxygen atoms in total. The molecule has 6 heteroatoms. The molecule has 2 aliphatic heterocycles. The number of ether oxygens (including phenoxy) is 1. The largest absolute Gasteiger partial charge is 0.483 e. The van der Waals surface area contributed by atoms with Crippen molar-refractivity contribution in [1.29, 1.82) is 0 Å². The Morgan fingerprint density at radius 3 is 2.67 bits per heavy atom. The number of hydrogen-bond donors (Lipinski definition) is 1. The molecular formula is C33H47FN4O. The maximum Gasteiger partial charge on any atom is 0.165 e. The molecule has 2 heterocycles. The minimum absolute atomic E-state index is 0.178. The van der Waals surface area contributed by atoms with Crippen LogP contribution in [0.4, 0.5) is 4.39 Å². The Morgan fingerprint density at radius 2 is 1.97 bits per heavy atom. The number of rotatable bonds is 13. The summed E-state index contributed by atoms with van der Waals surface area (Å²) >= 11 is 0. The number of hydrogen-bond acceptors (Lipinski definition) is 4. The highest BCUT2D eigenvalue weighted by Crippen LogP contribution is 2.28. The molecule has 0 radical (unpaired) electrons. The molecule has 2 atom stereocenters. The minimum Gasteiger partial charge on any atom is -0.483 e. The zero-order valence-corrected chi connectivity index (χ0v) is 24.4. The molecular weight excluding hydrogens is 487 g/mol. The smallest absolute Gasteiger partial charge is 0.165 e. The number of allylic oxidation sites excluding steroid dienone is 4. The summed E-state index contributed by atoms with van der Waals surface area (Å²) < 4.78 is 20.1. The SMILES string of the molecule is C=C(OC(C)c1c(C)cccc1F)C(N)=N/C=C(\C)C/C=C\C(=C/CC)C(=C)N1CCCC1CN1CCCC1. The molecule has 0 amide bonds. The van der Waals surface area contributed by atoms with Crippen molar-refractivity contribution in [2.75, 3.05) is 26.2 Å². The summed E-state index contributed by atoms with van der Waals surface area (Å²) in [7, 11) is 0. The zero-order chi connectivity index (χ0) is 28.4. The monoisotopic (exact) mass is 534 g/mol. The van der Waals surface area contributed by atoms with Crippen LogP contribution in [0.15, 0.2) is 83.4 Å². The van der Waals surface area contributed by atoms with Gasteiger partial charge in [-0.2, -0.15) is 0 Å². The highest BCUT2D eigenvalue weighted by Gasteiger charge is 2.28. The van der Waals surface area contributed by atoms with Gasteiger partial charge in [0.1, 0.15) is 11.9 Å². The fourth-order valence-corrected chi connectivity index (χ4v) is 5.48. The Hall–Kier alpha value is -3.12. The predicted octanol–water partition coefficient (Wildman–Crippen LogP) is 7.34. The molecule has 212 valence electrons. The molecule has 0 aliphatic carbocycles. The first-order valence-electron chi connectivity index (χ1n) is 14.4. The molecule has 2 fully saturated rings. The fraction of sp³-hybridized carbons (Fsp3) is 0.485. The van der Waals surface area contributed by atoms with Gasteiger partial charge in [-0.05, 0) is 89.6 Å². The second kappa shape index (κ2) is 14.9. The number of nitrogens with zero attached hydrogens (tertiary/aromatic N) is 3. The van der Waals surface area contributed by atoms with Crippen molar-refractivity contribution in [3.63, 3.8) is 0 Å². The number of aliphatic imine (C=N–C) groups is 1. The molecule has 2 saturated heterocycles. The summed E-state index contributed by atoms with van der Waals surface area (Å²) in [4.78, 5) is 9.47. The van der Waals surface area contributed by atoms with E-state index in [4.69, 9.17) is 10.5 Å². The molecule has 39 heavy (non-hydrogen) atoms. The van der Waals surface area contributed by atoms with E-state index in [0.29, 0.717) is 11.6 Å². The Morgan fingerprint density at radius 1 is 1.23 bits per heavy atom. The second-order valence-corrected chi connectivity index (χ2v) is 10.8.